The Morgan fingerprint density at radius 3 is 2.14 bits per heavy atom. The highest BCUT2D eigenvalue weighted by atomic mass is 29.2. The molecule has 4 heteroatoms. The largest absolute Gasteiger partial charge is 0.367 e. The highest BCUT2D eigenvalue weighted by Gasteiger charge is 2.22. The maximum atomic E-state index is 4.65. The number of rotatable bonds is 1. The van der Waals surface area contributed by atoms with E-state index < -0.39 is 8.25 Å². The molecule has 1 aromatic heterocycles. The predicted molar refractivity (Wildman–Crippen MR) is 65.4 cm³/mol. The number of hydrogen-bond acceptors (Lipinski definition) is 1. The van der Waals surface area contributed by atoms with E-state index in [0.717, 1.165) is 0 Å². The van der Waals surface area contributed by atoms with Crippen LogP contribution < -0.4 is 0 Å². The van der Waals surface area contributed by atoms with Crippen molar-refractivity contribution in [3.8, 4) is 0 Å². The standard InChI is InChI=1S/C10H21N2Si2/c1-9(2,3)12-8-7-11-14(12)13-10(4,5)6/h7-8,13H,1-6H3. The van der Waals surface area contributed by atoms with Gasteiger partial charge in [-0.05, 0) is 25.8 Å². The summed E-state index contributed by atoms with van der Waals surface area (Å²) in [4.78, 5) is 0. The molecule has 14 heavy (non-hydrogen) atoms. The van der Waals surface area contributed by atoms with Gasteiger partial charge in [-0.25, -0.2) is 0 Å². The molecule has 0 aliphatic heterocycles. The maximum absolute atomic E-state index is 4.65. The fourth-order valence-electron chi connectivity index (χ4n) is 1.38. The van der Waals surface area contributed by atoms with Gasteiger partial charge < -0.3 is 4.22 Å². The Morgan fingerprint density at radius 1 is 1.14 bits per heavy atom. The van der Waals surface area contributed by atoms with Crippen LogP contribution in [0.4, 0.5) is 0 Å². The van der Waals surface area contributed by atoms with E-state index in [1.54, 1.807) is 0 Å². The second-order valence-corrected chi connectivity index (χ2v) is 11.7. The predicted octanol–water partition coefficient (Wildman–Crippen LogP) is 2.08. The second kappa shape index (κ2) is 3.73. The van der Waals surface area contributed by atoms with Crippen molar-refractivity contribution in [1.82, 2.24) is 8.86 Å². The van der Waals surface area contributed by atoms with Crippen LogP contribution in [0, 0.1) is 0 Å². The molecule has 0 amide bonds. The fraction of sp³-hybridized carbons (Fsp3) is 0.800. The summed E-state index contributed by atoms with van der Waals surface area (Å²) in [5.74, 6) is 0. The zero-order valence-corrected chi connectivity index (χ0v) is 12.3. The average Bonchev–Trinajstić information content (AvgIpc) is 2.29. The van der Waals surface area contributed by atoms with Crippen LogP contribution in [-0.4, -0.2) is 26.2 Å². The van der Waals surface area contributed by atoms with Gasteiger partial charge >= 0.3 is 0 Å². The van der Waals surface area contributed by atoms with Crippen molar-refractivity contribution in [2.24, 2.45) is 0 Å². The van der Waals surface area contributed by atoms with Crippen molar-refractivity contribution in [2.75, 3.05) is 0 Å². The smallest absolute Gasteiger partial charge is 0.220 e. The van der Waals surface area contributed by atoms with Crippen LogP contribution >= 0.6 is 0 Å². The molecule has 1 aromatic rings. The van der Waals surface area contributed by atoms with Gasteiger partial charge in [0.25, 0.3) is 0 Å². The summed E-state index contributed by atoms with van der Waals surface area (Å²) in [5, 5.41) is 0.466. The van der Waals surface area contributed by atoms with Crippen LogP contribution in [0.5, 0.6) is 0 Å². The molecule has 0 bridgehead atoms. The molecule has 0 saturated heterocycles. The Labute approximate surface area is 91.1 Å². The lowest BCUT2D eigenvalue weighted by atomic mass is 10.1. The molecule has 1 radical (unpaired) electrons. The molecule has 0 aliphatic rings. The molecular formula is C10H21N2Si2. The first kappa shape index (κ1) is 11.8. The van der Waals surface area contributed by atoms with E-state index in [2.05, 4.69) is 56.6 Å². The van der Waals surface area contributed by atoms with E-state index in [1.807, 2.05) is 6.20 Å². The maximum Gasteiger partial charge on any atom is 0.220 e. The molecule has 79 valence electrons. The normalized spacial score (nSPS) is 13.3. The van der Waals surface area contributed by atoms with Gasteiger partial charge in [-0.15, -0.1) is 0 Å². The lowest BCUT2D eigenvalue weighted by Crippen LogP contribution is -2.35. The van der Waals surface area contributed by atoms with Crippen LogP contribution in [0.15, 0.2) is 12.4 Å². The minimum absolute atomic E-state index is 0.239. The molecule has 0 aromatic carbocycles. The highest BCUT2D eigenvalue weighted by Crippen LogP contribution is 2.21. The Hall–Kier alpha value is -0.226. The molecule has 0 N–H and O–H groups in total. The zero-order chi connectivity index (χ0) is 11.0. The molecule has 0 unspecified atom stereocenters. The SMILES string of the molecule is CC(C)(C)[SiH][si]1nccn1C(C)(C)C. The van der Waals surface area contributed by atoms with Crippen molar-refractivity contribution in [2.45, 2.75) is 52.1 Å². The van der Waals surface area contributed by atoms with Crippen molar-refractivity contribution in [3.05, 3.63) is 12.4 Å². The van der Waals surface area contributed by atoms with Crippen LogP contribution in [0.25, 0.3) is 0 Å². The van der Waals surface area contributed by atoms with Gasteiger partial charge in [-0.3, -0.25) is 4.64 Å². The van der Waals surface area contributed by atoms with Gasteiger partial charge in [0.2, 0.25) is 8.25 Å². The Balaban J connectivity index is 2.95. The first-order valence-corrected chi connectivity index (χ1v) is 8.88. The van der Waals surface area contributed by atoms with Gasteiger partial charge in [-0.2, -0.15) is 0 Å². The van der Waals surface area contributed by atoms with Crippen LogP contribution in [0.1, 0.15) is 41.5 Å². The lowest BCUT2D eigenvalue weighted by Gasteiger charge is -2.26. The average molecular weight is 225 g/mol. The van der Waals surface area contributed by atoms with Gasteiger partial charge in [-0.1, -0.05) is 20.8 Å². The second-order valence-electron chi connectivity index (χ2n) is 5.84. The van der Waals surface area contributed by atoms with E-state index in [-0.39, 0.29) is 5.54 Å². The number of nitrogens with zero attached hydrogens (tertiary/aromatic N) is 2. The molecule has 0 fully saturated rings. The molecule has 1 heterocycles. The third-order valence-corrected chi connectivity index (χ3v) is 9.46. The third kappa shape index (κ3) is 3.17. The van der Waals surface area contributed by atoms with Crippen molar-refractivity contribution < 1.29 is 0 Å². The third-order valence-electron chi connectivity index (χ3n) is 1.95. The van der Waals surface area contributed by atoms with Gasteiger partial charge in [0.15, 0.2) is 0 Å². The molecule has 0 atom stereocenters. The molecule has 1 rings (SSSR count). The molecule has 0 aliphatic carbocycles. The Bertz CT molecular complexity index is 305. The summed E-state index contributed by atoms with van der Waals surface area (Å²) in [7, 11) is -0.212. The minimum atomic E-state index is -0.635. The Morgan fingerprint density at radius 2 is 1.71 bits per heavy atom. The van der Waals surface area contributed by atoms with Crippen molar-refractivity contribution in [3.63, 3.8) is 0 Å². The highest BCUT2D eigenvalue weighted by molar-refractivity contribution is 7.04. The first-order chi connectivity index (χ1) is 6.20. The topological polar surface area (TPSA) is 17.8 Å². The summed E-state index contributed by atoms with van der Waals surface area (Å²) in [6.45, 7) is 13.8. The molecule has 0 spiro atoms. The van der Waals surface area contributed by atoms with Gasteiger partial charge in [0.05, 0.1) is 9.04 Å². The molecular weight excluding hydrogens is 204 g/mol. The summed E-state index contributed by atoms with van der Waals surface area (Å²) in [6.07, 6.45) is 4.17. The summed E-state index contributed by atoms with van der Waals surface area (Å²) in [6, 6.07) is 0. The summed E-state index contributed by atoms with van der Waals surface area (Å²) in [5.41, 5.74) is 0.239. The first-order valence-electron chi connectivity index (χ1n) is 5.10. The van der Waals surface area contributed by atoms with Gasteiger partial charge in [0, 0.05) is 17.9 Å². The zero-order valence-electron chi connectivity index (χ0n) is 10.1. The molecule has 0 saturated carbocycles. The fourth-order valence-corrected chi connectivity index (χ4v) is 8.26. The van der Waals surface area contributed by atoms with Crippen LogP contribution in [0.2, 0.25) is 5.04 Å². The number of hydrogen-bond donors (Lipinski definition) is 0. The summed E-state index contributed by atoms with van der Waals surface area (Å²) >= 11 is 0. The van der Waals surface area contributed by atoms with Crippen molar-refractivity contribution in [1.29, 1.82) is 0 Å². The van der Waals surface area contributed by atoms with E-state index in [0.29, 0.717) is 14.1 Å². The van der Waals surface area contributed by atoms with Crippen molar-refractivity contribution >= 4 is 17.3 Å². The van der Waals surface area contributed by atoms with E-state index in [4.69, 9.17) is 0 Å². The monoisotopic (exact) mass is 225 g/mol. The lowest BCUT2D eigenvalue weighted by molar-refractivity contribution is 0.423. The van der Waals surface area contributed by atoms with Crippen LogP contribution in [-0.2, 0) is 5.54 Å². The summed E-state index contributed by atoms with van der Waals surface area (Å²) < 4.78 is 7.14. The van der Waals surface area contributed by atoms with Gasteiger partial charge in [0.1, 0.15) is 0 Å². The van der Waals surface area contributed by atoms with E-state index in [9.17, 15) is 0 Å². The quantitative estimate of drug-likeness (QED) is 0.669. The minimum Gasteiger partial charge on any atom is -0.367 e. The molecule has 2 nitrogen and oxygen atoms in total. The van der Waals surface area contributed by atoms with E-state index in [1.165, 1.54) is 0 Å². The van der Waals surface area contributed by atoms with E-state index >= 15 is 0 Å². The Kier molecular flexibility index (Phi) is 3.16. The van der Waals surface area contributed by atoms with Crippen LogP contribution in [0.3, 0.4) is 0 Å². The number of aromatic nitrogens is 2.